The van der Waals surface area contributed by atoms with Crippen molar-refractivity contribution in [2.24, 2.45) is 23.0 Å². The van der Waals surface area contributed by atoms with Gasteiger partial charge in [0.05, 0.1) is 22.3 Å². The normalized spacial score (nSPS) is 24.6. The van der Waals surface area contributed by atoms with Crippen LogP contribution in [0.15, 0.2) is 24.3 Å². The zero-order chi connectivity index (χ0) is 26.3. The number of hydrogen-bond acceptors (Lipinski definition) is 7. The van der Waals surface area contributed by atoms with Crippen molar-refractivity contribution in [3.8, 4) is 0 Å². The van der Waals surface area contributed by atoms with Gasteiger partial charge in [0.25, 0.3) is 0 Å². The summed E-state index contributed by atoms with van der Waals surface area (Å²) in [5.74, 6) is -1.33. The predicted octanol–water partition coefficient (Wildman–Crippen LogP) is 2.24. The largest absolute Gasteiger partial charge is 0.356 e. The second kappa shape index (κ2) is 10.1. The van der Waals surface area contributed by atoms with E-state index in [1.807, 2.05) is 38.1 Å². The lowest BCUT2D eigenvalue weighted by atomic mass is 9.95. The topological polar surface area (TPSA) is 134 Å². The van der Waals surface area contributed by atoms with Gasteiger partial charge in [0.2, 0.25) is 23.5 Å². The Morgan fingerprint density at radius 1 is 1.30 bits per heavy atom. The average Bonchev–Trinajstić information content (AvgIpc) is 3.21. The maximum Gasteiger partial charge on any atom is 0.243 e. The fourth-order valence-corrected chi connectivity index (χ4v) is 6.49. The van der Waals surface area contributed by atoms with Crippen LogP contribution in [0.25, 0.3) is 10.2 Å². The highest BCUT2D eigenvalue weighted by atomic mass is 32.1. The third-order valence-electron chi connectivity index (χ3n) is 8.41. The molecule has 9 nitrogen and oxygen atoms in total. The highest BCUT2D eigenvalue weighted by Crippen LogP contribution is 2.55. The number of hydrogen-bond donors (Lipinski definition) is 3. The maximum atomic E-state index is 13.7. The Bertz CT molecular complexity index is 1190. The number of amides is 3. The standard InChI is InChI=1S/C27H35N5O4S/c1-3-15(2)21(28)26(36)32-14-27(9-10-27)13-19(32)24(35)30-18(12-16-8-11-29-23(16)34)22(33)25-31-17-6-4-5-7-20(17)37-25/h4-7,15-16,18-19,21H,3,8-14,28H2,1-2H3,(H,29,34)(H,30,35)/t15?,16-,18-,19-,21-/m0/s1. The molecule has 1 aromatic carbocycles. The molecule has 1 saturated carbocycles. The summed E-state index contributed by atoms with van der Waals surface area (Å²) in [6.07, 6.45) is 4.11. The quantitative estimate of drug-likeness (QED) is 0.430. The summed E-state index contributed by atoms with van der Waals surface area (Å²) in [5, 5.41) is 6.06. The minimum atomic E-state index is -0.905. The van der Waals surface area contributed by atoms with Crippen molar-refractivity contribution in [1.29, 1.82) is 0 Å². The zero-order valence-electron chi connectivity index (χ0n) is 21.4. The molecule has 198 valence electrons. The van der Waals surface area contributed by atoms with Crippen molar-refractivity contribution in [3.63, 3.8) is 0 Å². The number of nitrogens with two attached hydrogens (primary N) is 1. The minimum absolute atomic E-state index is 0.00112. The summed E-state index contributed by atoms with van der Waals surface area (Å²) in [7, 11) is 0. The summed E-state index contributed by atoms with van der Waals surface area (Å²) in [4.78, 5) is 59.2. The first kappa shape index (κ1) is 25.8. The number of carbonyl (C=O) groups excluding carboxylic acids is 4. The van der Waals surface area contributed by atoms with Crippen molar-refractivity contribution in [3.05, 3.63) is 29.3 Å². The van der Waals surface area contributed by atoms with E-state index in [9.17, 15) is 19.2 Å². The molecular formula is C27H35N5O4S. The molecule has 1 aromatic heterocycles. The van der Waals surface area contributed by atoms with Gasteiger partial charge in [-0.3, -0.25) is 19.2 Å². The Hall–Kier alpha value is -2.85. The summed E-state index contributed by atoms with van der Waals surface area (Å²) >= 11 is 1.28. The molecule has 3 amide bonds. The van der Waals surface area contributed by atoms with Gasteiger partial charge < -0.3 is 21.3 Å². The fraction of sp³-hybridized carbons (Fsp3) is 0.593. The van der Waals surface area contributed by atoms with E-state index in [2.05, 4.69) is 15.6 Å². The molecule has 5 atom stereocenters. The first-order chi connectivity index (χ1) is 17.7. The minimum Gasteiger partial charge on any atom is -0.356 e. The van der Waals surface area contributed by atoms with Gasteiger partial charge in [0.15, 0.2) is 5.01 Å². The van der Waals surface area contributed by atoms with E-state index in [1.54, 1.807) is 4.90 Å². The number of Topliss-reactive ketones (excluding diaryl/α,β-unsaturated/α-hetero) is 1. The SMILES string of the molecule is CCC(C)[C@H](N)C(=O)N1CC2(CC2)C[C@H]1C(=O)N[C@@H](C[C@@H]1CCNC1=O)C(=O)c1nc2ccccc2s1. The van der Waals surface area contributed by atoms with Crippen LogP contribution in [0.4, 0.5) is 0 Å². The van der Waals surface area contributed by atoms with Crippen LogP contribution in [0.3, 0.4) is 0 Å². The number of fused-ring (bicyclic) bond motifs is 1. The van der Waals surface area contributed by atoms with E-state index in [-0.39, 0.29) is 47.2 Å². The highest BCUT2D eigenvalue weighted by Gasteiger charge is 2.56. The zero-order valence-corrected chi connectivity index (χ0v) is 22.2. The molecule has 3 fully saturated rings. The first-order valence-electron chi connectivity index (χ1n) is 13.3. The molecule has 5 rings (SSSR count). The average molecular weight is 526 g/mol. The third-order valence-corrected chi connectivity index (χ3v) is 9.46. The third kappa shape index (κ3) is 5.13. The molecule has 2 aliphatic heterocycles. The van der Waals surface area contributed by atoms with Crippen molar-refractivity contribution in [2.75, 3.05) is 13.1 Å². The number of thiazole rings is 1. The van der Waals surface area contributed by atoms with E-state index in [1.165, 1.54) is 11.3 Å². The number of benzene rings is 1. The Labute approximate surface area is 220 Å². The number of ketones is 1. The Balaban J connectivity index is 1.38. The lowest BCUT2D eigenvalue weighted by Gasteiger charge is -2.30. The predicted molar refractivity (Wildman–Crippen MR) is 141 cm³/mol. The van der Waals surface area contributed by atoms with Crippen LogP contribution in [-0.2, 0) is 14.4 Å². The lowest BCUT2D eigenvalue weighted by Crippen LogP contribution is -2.55. The second-order valence-electron chi connectivity index (χ2n) is 11.0. The van der Waals surface area contributed by atoms with Crippen LogP contribution < -0.4 is 16.4 Å². The number of nitrogens with zero attached hydrogens (tertiary/aromatic N) is 2. The van der Waals surface area contributed by atoms with E-state index in [4.69, 9.17) is 5.73 Å². The maximum absolute atomic E-state index is 13.7. The van der Waals surface area contributed by atoms with Gasteiger partial charge >= 0.3 is 0 Å². The molecule has 1 aliphatic carbocycles. The van der Waals surface area contributed by atoms with Gasteiger partial charge in [-0.2, -0.15) is 0 Å². The van der Waals surface area contributed by atoms with Gasteiger partial charge in [-0.05, 0) is 55.6 Å². The van der Waals surface area contributed by atoms with E-state index in [0.29, 0.717) is 30.9 Å². The first-order valence-corrected chi connectivity index (χ1v) is 14.1. The Kier molecular flexibility index (Phi) is 7.06. The molecule has 10 heteroatoms. The number of aromatic nitrogens is 1. The number of para-hydroxylation sites is 1. The summed E-state index contributed by atoms with van der Waals surface area (Å²) < 4.78 is 0.886. The van der Waals surface area contributed by atoms with Gasteiger partial charge in [0.1, 0.15) is 6.04 Å². The molecule has 0 bridgehead atoms. The number of nitrogens with one attached hydrogen (secondary N) is 2. The van der Waals surface area contributed by atoms with Crippen LogP contribution in [-0.4, -0.2) is 64.6 Å². The monoisotopic (exact) mass is 525 g/mol. The molecule has 3 heterocycles. The molecule has 1 spiro atoms. The van der Waals surface area contributed by atoms with Gasteiger partial charge in [-0.1, -0.05) is 32.4 Å². The lowest BCUT2D eigenvalue weighted by molar-refractivity contribution is -0.140. The fourth-order valence-electron chi connectivity index (χ4n) is 5.53. The molecule has 2 saturated heterocycles. The van der Waals surface area contributed by atoms with Crippen LogP contribution >= 0.6 is 11.3 Å². The molecule has 4 N–H and O–H groups in total. The van der Waals surface area contributed by atoms with Gasteiger partial charge in [-0.15, -0.1) is 11.3 Å². The van der Waals surface area contributed by atoms with Crippen LogP contribution in [0, 0.1) is 17.3 Å². The highest BCUT2D eigenvalue weighted by molar-refractivity contribution is 7.20. The molecule has 1 unspecified atom stereocenters. The Morgan fingerprint density at radius 3 is 2.70 bits per heavy atom. The summed E-state index contributed by atoms with van der Waals surface area (Å²) in [6.45, 7) is 5.02. The van der Waals surface area contributed by atoms with Crippen LogP contribution in [0.2, 0.25) is 0 Å². The second-order valence-corrected chi connectivity index (χ2v) is 12.1. The van der Waals surface area contributed by atoms with E-state index in [0.717, 1.165) is 29.5 Å². The number of rotatable bonds is 9. The van der Waals surface area contributed by atoms with Crippen LogP contribution in [0.5, 0.6) is 0 Å². The molecule has 0 radical (unpaired) electrons. The Morgan fingerprint density at radius 2 is 2.05 bits per heavy atom. The van der Waals surface area contributed by atoms with Crippen LogP contribution in [0.1, 0.15) is 62.2 Å². The van der Waals surface area contributed by atoms with Crippen molar-refractivity contribution in [2.45, 2.75) is 70.5 Å². The molecule has 3 aliphatic rings. The van der Waals surface area contributed by atoms with E-state index < -0.39 is 18.1 Å². The van der Waals surface area contributed by atoms with Gasteiger partial charge in [-0.25, -0.2) is 4.98 Å². The van der Waals surface area contributed by atoms with E-state index >= 15 is 0 Å². The van der Waals surface area contributed by atoms with Crippen molar-refractivity contribution >= 4 is 45.1 Å². The molecule has 37 heavy (non-hydrogen) atoms. The summed E-state index contributed by atoms with van der Waals surface area (Å²) in [5.41, 5.74) is 6.98. The van der Waals surface area contributed by atoms with Crippen molar-refractivity contribution in [1.82, 2.24) is 20.5 Å². The van der Waals surface area contributed by atoms with Crippen molar-refractivity contribution < 1.29 is 19.2 Å². The number of carbonyl (C=O) groups is 4. The smallest absolute Gasteiger partial charge is 0.243 e. The molecule has 2 aromatic rings. The number of likely N-dealkylation sites (tertiary alicyclic amines) is 1. The molecular weight excluding hydrogens is 490 g/mol. The summed E-state index contributed by atoms with van der Waals surface area (Å²) in [6, 6.07) is 5.25. The van der Waals surface area contributed by atoms with Gasteiger partial charge in [0, 0.05) is 19.0 Å².